The van der Waals surface area contributed by atoms with Crippen LogP contribution in [0.25, 0.3) is 0 Å². The fraction of sp³-hybridized carbons (Fsp3) is 0.286. The molecule has 0 spiro atoms. The zero-order valence-electron chi connectivity index (χ0n) is 10.4. The second-order valence-electron chi connectivity index (χ2n) is 4.39. The lowest BCUT2D eigenvalue weighted by Crippen LogP contribution is -2.07. The first-order valence-electron chi connectivity index (χ1n) is 5.65. The van der Waals surface area contributed by atoms with Crippen molar-refractivity contribution in [3.05, 3.63) is 52.8 Å². The quantitative estimate of drug-likeness (QED) is 0.756. The Morgan fingerprint density at radius 1 is 1.29 bits per heavy atom. The minimum Gasteiger partial charge on any atom is -0.294 e. The first kappa shape index (κ1) is 11.6. The van der Waals surface area contributed by atoms with Crippen LogP contribution in [0.2, 0.25) is 0 Å². The van der Waals surface area contributed by atoms with Gasteiger partial charge in [0.2, 0.25) is 0 Å². The van der Waals surface area contributed by atoms with E-state index in [1.165, 1.54) is 0 Å². The average Bonchev–Trinajstić information content (AvgIpc) is 2.63. The zero-order chi connectivity index (χ0) is 12.4. The third kappa shape index (κ3) is 2.44. The van der Waals surface area contributed by atoms with Crippen LogP contribution in [-0.2, 0) is 13.5 Å². The number of rotatable bonds is 3. The Morgan fingerprint density at radius 2 is 1.94 bits per heavy atom. The fourth-order valence-corrected chi connectivity index (χ4v) is 2.09. The van der Waals surface area contributed by atoms with Gasteiger partial charge in [0, 0.05) is 25.2 Å². The van der Waals surface area contributed by atoms with Crippen molar-refractivity contribution in [1.82, 2.24) is 9.78 Å². The van der Waals surface area contributed by atoms with Crippen LogP contribution in [-0.4, -0.2) is 15.6 Å². The third-order valence-corrected chi connectivity index (χ3v) is 2.88. The summed E-state index contributed by atoms with van der Waals surface area (Å²) < 4.78 is 1.72. The van der Waals surface area contributed by atoms with E-state index < -0.39 is 0 Å². The molecule has 0 atom stereocenters. The number of hydrogen-bond acceptors (Lipinski definition) is 2. The van der Waals surface area contributed by atoms with Crippen LogP contribution in [0.1, 0.15) is 27.0 Å². The molecule has 0 aliphatic heterocycles. The molecule has 3 heteroatoms. The molecule has 1 aromatic heterocycles. The van der Waals surface area contributed by atoms with Gasteiger partial charge >= 0.3 is 0 Å². The van der Waals surface area contributed by atoms with E-state index in [1.54, 1.807) is 10.9 Å². The van der Waals surface area contributed by atoms with E-state index in [0.29, 0.717) is 6.42 Å². The van der Waals surface area contributed by atoms with Gasteiger partial charge in [-0.25, -0.2) is 0 Å². The number of carbonyl (C=O) groups is 1. The third-order valence-electron chi connectivity index (χ3n) is 2.88. The first-order chi connectivity index (χ1) is 8.08. The molecule has 1 aromatic carbocycles. The molecule has 1 heterocycles. The molecule has 3 nitrogen and oxygen atoms in total. The molecular formula is C14H16N2O. The summed E-state index contributed by atoms with van der Waals surface area (Å²) >= 11 is 0. The maximum Gasteiger partial charge on any atom is 0.167 e. The number of carbonyl (C=O) groups excluding carboxylic acids is 1. The van der Waals surface area contributed by atoms with Crippen LogP contribution in [0.5, 0.6) is 0 Å². The van der Waals surface area contributed by atoms with Crippen LogP contribution in [0.15, 0.2) is 30.6 Å². The number of aromatic nitrogens is 2. The minimum absolute atomic E-state index is 0.161. The van der Waals surface area contributed by atoms with Gasteiger partial charge in [0.15, 0.2) is 5.78 Å². The van der Waals surface area contributed by atoms with Crippen molar-refractivity contribution in [2.75, 3.05) is 0 Å². The van der Waals surface area contributed by atoms with Crippen LogP contribution >= 0.6 is 0 Å². The number of nitrogens with zero attached hydrogens (tertiary/aromatic N) is 2. The average molecular weight is 228 g/mol. The lowest BCUT2D eigenvalue weighted by Gasteiger charge is -2.07. The molecule has 17 heavy (non-hydrogen) atoms. The van der Waals surface area contributed by atoms with Crippen LogP contribution in [0.4, 0.5) is 0 Å². The Bertz CT molecular complexity index is 535. The Balaban J connectivity index is 2.26. The van der Waals surface area contributed by atoms with Gasteiger partial charge in [-0.1, -0.05) is 18.2 Å². The lowest BCUT2D eigenvalue weighted by molar-refractivity contribution is 0.0992. The van der Waals surface area contributed by atoms with Crippen LogP contribution in [0, 0.1) is 13.8 Å². The highest BCUT2D eigenvalue weighted by Crippen LogP contribution is 2.16. The molecule has 0 fully saturated rings. The fourth-order valence-electron chi connectivity index (χ4n) is 2.09. The predicted octanol–water partition coefficient (Wildman–Crippen LogP) is 2.46. The van der Waals surface area contributed by atoms with E-state index in [1.807, 2.05) is 45.3 Å². The molecule has 0 amide bonds. The summed E-state index contributed by atoms with van der Waals surface area (Å²) in [6, 6.07) is 5.93. The number of hydrogen-bond donors (Lipinski definition) is 0. The van der Waals surface area contributed by atoms with Gasteiger partial charge in [0.1, 0.15) is 0 Å². The molecule has 0 N–H and O–H groups in total. The van der Waals surface area contributed by atoms with E-state index in [-0.39, 0.29) is 5.78 Å². The summed E-state index contributed by atoms with van der Waals surface area (Å²) in [4.78, 5) is 12.2. The maximum absolute atomic E-state index is 12.2. The van der Waals surface area contributed by atoms with Crippen molar-refractivity contribution in [3.63, 3.8) is 0 Å². The van der Waals surface area contributed by atoms with E-state index in [2.05, 4.69) is 5.10 Å². The van der Waals surface area contributed by atoms with Crippen LogP contribution < -0.4 is 0 Å². The second kappa shape index (κ2) is 4.53. The number of aryl methyl sites for hydroxylation is 3. The van der Waals surface area contributed by atoms with Crippen molar-refractivity contribution in [1.29, 1.82) is 0 Å². The lowest BCUT2D eigenvalue weighted by atomic mass is 9.96. The molecule has 0 bridgehead atoms. The summed E-state index contributed by atoms with van der Waals surface area (Å²) in [7, 11) is 1.85. The Hall–Kier alpha value is -1.90. The van der Waals surface area contributed by atoms with E-state index in [0.717, 1.165) is 22.3 Å². The van der Waals surface area contributed by atoms with E-state index in [9.17, 15) is 4.79 Å². The summed E-state index contributed by atoms with van der Waals surface area (Å²) in [6.45, 7) is 3.95. The maximum atomic E-state index is 12.2. The highest BCUT2D eigenvalue weighted by atomic mass is 16.1. The van der Waals surface area contributed by atoms with Crippen molar-refractivity contribution in [3.8, 4) is 0 Å². The molecule has 0 radical (unpaired) electrons. The summed E-state index contributed by atoms with van der Waals surface area (Å²) in [5.41, 5.74) is 3.88. The molecule has 0 unspecified atom stereocenters. The van der Waals surface area contributed by atoms with Gasteiger partial charge in [0.25, 0.3) is 0 Å². The van der Waals surface area contributed by atoms with Crippen molar-refractivity contribution in [2.45, 2.75) is 20.3 Å². The second-order valence-corrected chi connectivity index (χ2v) is 4.39. The Kier molecular flexibility index (Phi) is 3.09. The number of ketones is 1. The Labute approximate surface area is 101 Å². The highest BCUT2D eigenvalue weighted by molar-refractivity contribution is 6.00. The van der Waals surface area contributed by atoms with Gasteiger partial charge in [-0.2, -0.15) is 5.10 Å². The van der Waals surface area contributed by atoms with Crippen molar-refractivity contribution >= 4 is 5.78 Å². The van der Waals surface area contributed by atoms with Gasteiger partial charge in [-0.3, -0.25) is 9.48 Å². The SMILES string of the molecule is Cc1cccc(C)c1C(=O)Cc1cnn(C)c1. The minimum atomic E-state index is 0.161. The summed E-state index contributed by atoms with van der Waals surface area (Å²) in [6.07, 6.45) is 4.04. The molecule has 0 aliphatic carbocycles. The standard InChI is InChI=1S/C14H16N2O/c1-10-5-4-6-11(2)14(10)13(17)7-12-8-15-16(3)9-12/h4-6,8-9H,7H2,1-3H3. The van der Waals surface area contributed by atoms with E-state index >= 15 is 0 Å². The van der Waals surface area contributed by atoms with E-state index in [4.69, 9.17) is 0 Å². The van der Waals surface area contributed by atoms with Crippen LogP contribution in [0.3, 0.4) is 0 Å². The van der Waals surface area contributed by atoms with Crippen molar-refractivity contribution in [2.24, 2.45) is 7.05 Å². The topological polar surface area (TPSA) is 34.9 Å². The van der Waals surface area contributed by atoms with Gasteiger partial charge in [0.05, 0.1) is 6.20 Å². The van der Waals surface area contributed by atoms with Crippen molar-refractivity contribution < 1.29 is 4.79 Å². The molecular weight excluding hydrogens is 212 g/mol. The van der Waals surface area contributed by atoms with Gasteiger partial charge < -0.3 is 0 Å². The van der Waals surface area contributed by atoms with Gasteiger partial charge in [-0.15, -0.1) is 0 Å². The highest BCUT2D eigenvalue weighted by Gasteiger charge is 2.13. The monoisotopic (exact) mass is 228 g/mol. The molecule has 0 saturated carbocycles. The Morgan fingerprint density at radius 3 is 2.47 bits per heavy atom. The van der Waals surface area contributed by atoms with Gasteiger partial charge in [-0.05, 0) is 30.5 Å². The molecule has 0 saturated heterocycles. The molecule has 88 valence electrons. The largest absolute Gasteiger partial charge is 0.294 e. The molecule has 0 aliphatic rings. The normalized spacial score (nSPS) is 10.5. The summed E-state index contributed by atoms with van der Waals surface area (Å²) in [5, 5.41) is 4.07. The zero-order valence-corrected chi connectivity index (χ0v) is 10.4. The number of benzene rings is 1. The first-order valence-corrected chi connectivity index (χ1v) is 5.65. The number of Topliss-reactive ketones (excluding diaryl/α,β-unsaturated/α-hetero) is 1. The summed E-state index contributed by atoms with van der Waals surface area (Å²) in [5.74, 6) is 0.161. The molecule has 2 aromatic rings. The smallest absolute Gasteiger partial charge is 0.167 e. The predicted molar refractivity (Wildman–Crippen MR) is 67.2 cm³/mol. The molecule has 2 rings (SSSR count).